The predicted octanol–water partition coefficient (Wildman–Crippen LogP) is 2.14. The molecule has 1 N–H and O–H groups in total. The Morgan fingerprint density at radius 2 is 1.62 bits per heavy atom. The van der Waals surface area contributed by atoms with E-state index in [1.54, 1.807) is 18.2 Å². The smallest absolute Gasteiger partial charge is 0.242 e. The van der Waals surface area contributed by atoms with Crippen molar-refractivity contribution in [3.63, 3.8) is 0 Å². The first-order chi connectivity index (χ1) is 12.3. The second-order valence-electron chi connectivity index (χ2n) is 6.31. The molecular formula is C19H26N4O2S. The van der Waals surface area contributed by atoms with Crippen LogP contribution in [0.2, 0.25) is 0 Å². The maximum absolute atomic E-state index is 12.3. The molecule has 0 fully saturated rings. The largest absolute Gasteiger partial charge is 0.352 e. The Hall–Kier alpha value is -2.38. The third-order valence-electron chi connectivity index (χ3n) is 3.81. The van der Waals surface area contributed by atoms with E-state index >= 15 is 0 Å². The molecule has 0 atom stereocenters. The highest BCUT2D eigenvalue weighted by Crippen LogP contribution is 2.15. The van der Waals surface area contributed by atoms with Crippen molar-refractivity contribution in [3.8, 4) is 0 Å². The summed E-state index contributed by atoms with van der Waals surface area (Å²) in [7, 11) is 3.45. The van der Waals surface area contributed by atoms with Crippen LogP contribution in [0.15, 0.2) is 64.5 Å². The summed E-state index contributed by atoms with van der Waals surface area (Å²) < 4.78 is 25.7. The molecule has 0 aliphatic carbocycles. The van der Waals surface area contributed by atoms with Gasteiger partial charge in [0.05, 0.1) is 11.4 Å². The SMILES string of the molecule is CN(C)C(=NCc1cccc(S(=O)(=O)N(C)C)c1)NCc1ccccc1. The van der Waals surface area contributed by atoms with Gasteiger partial charge in [0, 0.05) is 34.7 Å². The van der Waals surface area contributed by atoms with E-state index in [2.05, 4.69) is 22.4 Å². The number of nitrogens with one attached hydrogen (secondary N) is 1. The van der Waals surface area contributed by atoms with Gasteiger partial charge >= 0.3 is 0 Å². The molecule has 0 aliphatic rings. The summed E-state index contributed by atoms with van der Waals surface area (Å²) in [6.07, 6.45) is 0. The number of rotatable bonds is 6. The standard InChI is InChI=1S/C19H26N4O2S/c1-22(2)19(20-14-16-9-6-5-7-10-16)21-15-17-11-8-12-18(13-17)26(24,25)23(3)4/h5-13H,14-15H2,1-4H3,(H,20,21). The van der Waals surface area contributed by atoms with Crippen LogP contribution in [0.25, 0.3) is 0 Å². The Kier molecular flexibility index (Phi) is 6.76. The Morgan fingerprint density at radius 1 is 0.962 bits per heavy atom. The molecule has 0 saturated carbocycles. The first-order valence-corrected chi connectivity index (χ1v) is 9.76. The molecule has 0 saturated heterocycles. The van der Waals surface area contributed by atoms with E-state index in [-0.39, 0.29) is 4.90 Å². The second kappa shape index (κ2) is 8.82. The number of sulfonamides is 1. The zero-order valence-electron chi connectivity index (χ0n) is 15.7. The lowest BCUT2D eigenvalue weighted by atomic mass is 10.2. The zero-order chi connectivity index (χ0) is 19.2. The van der Waals surface area contributed by atoms with Gasteiger partial charge in [-0.3, -0.25) is 0 Å². The number of nitrogens with zero attached hydrogens (tertiary/aromatic N) is 3. The van der Waals surface area contributed by atoms with Gasteiger partial charge in [0.1, 0.15) is 0 Å². The molecule has 0 spiro atoms. The van der Waals surface area contributed by atoms with E-state index in [1.165, 1.54) is 24.0 Å². The summed E-state index contributed by atoms with van der Waals surface area (Å²) in [4.78, 5) is 6.78. The van der Waals surface area contributed by atoms with Crippen LogP contribution in [0.4, 0.5) is 0 Å². The molecule has 0 radical (unpaired) electrons. The van der Waals surface area contributed by atoms with Crippen LogP contribution in [0.1, 0.15) is 11.1 Å². The molecule has 6 nitrogen and oxygen atoms in total. The van der Waals surface area contributed by atoms with E-state index in [1.807, 2.05) is 43.3 Å². The van der Waals surface area contributed by atoms with E-state index in [0.717, 1.165) is 11.5 Å². The zero-order valence-corrected chi connectivity index (χ0v) is 16.5. The van der Waals surface area contributed by atoms with Crippen LogP contribution in [0.3, 0.4) is 0 Å². The summed E-state index contributed by atoms with van der Waals surface area (Å²) in [5.41, 5.74) is 2.01. The van der Waals surface area contributed by atoms with Crippen molar-refractivity contribution in [3.05, 3.63) is 65.7 Å². The lowest BCUT2D eigenvalue weighted by Gasteiger charge is -2.18. The van der Waals surface area contributed by atoms with E-state index in [9.17, 15) is 8.42 Å². The van der Waals surface area contributed by atoms with Gasteiger partial charge in [-0.15, -0.1) is 0 Å². The maximum Gasteiger partial charge on any atom is 0.242 e. The van der Waals surface area contributed by atoms with Crippen molar-refractivity contribution >= 4 is 16.0 Å². The minimum Gasteiger partial charge on any atom is -0.352 e. The van der Waals surface area contributed by atoms with Gasteiger partial charge < -0.3 is 10.2 Å². The van der Waals surface area contributed by atoms with Gasteiger partial charge in [0.2, 0.25) is 10.0 Å². The first-order valence-electron chi connectivity index (χ1n) is 8.32. The molecule has 2 rings (SSSR count). The van der Waals surface area contributed by atoms with Crippen LogP contribution < -0.4 is 5.32 Å². The molecule has 0 amide bonds. The van der Waals surface area contributed by atoms with Crippen molar-refractivity contribution in [2.24, 2.45) is 4.99 Å². The van der Waals surface area contributed by atoms with Crippen LogP contribution in [-0.4, -0.2) is 51.8 Å². The van der Waals surface area contributed by atoms with Crippen molar-refractivity contribution in [1.82, 2.24) is 14.5 Å². The molecular weight excluding hydrogens is 348 g/mol. The van der Waals surface area contributed by atoms with Gasteiger partial charge in [-0.2, -0.15) is 0 Å². The average Bonchev–Trinajstić information content (AvgIpc) is 2.62. The van der Waals surface area contributed by atoms with Gasteiger partial charge in [-0.25, -0.2) is 17.7 Å². The molecule has 2 aromatic carbocycles. The molecule has 26 heavy (non-hydrogen) atoms. The van der Waals surface area contributed by atoms with Gasteiger partial charge in [-0.05, 0) is 23.3 Å². The van der Waals surface area contributed by atoms with Gasteiger partial charge in [0.25, 0.3) is 0 Å². The van der Waals surface area contributed by atoms with E-state index in [0.29, 0.717) is 13.1 Å². The number of benzene rings is 2. The fourth-order valence-electron chi connectivity index (χ4n) is 2.31. The lowest BCUT2D eigenvalue weighted by Crippen LogP contribution is -2.36. The molecule has 2 aromatic rings. The Labute approximate surface area is 156 Å². The summed E-state index contributed by atoms with van der Waals surface area (Å²) in [5.74, 6) is 0.745. The van der Waals surface area contributed by atoms with Crippen molar-refractivity contribution in [2.75, 3.05) is 28.2 Å². The molecule has 0 aliphatic heterocycles. The molecule has 140 valence electrons. The summed E-state index contributed by atoms with van der Waals surface area (Å²) in [6.45, 7) is 1.07. The van der Waals surface area contributed by atoms with Gasteiger partial charge in [0.15, 0.2) is 5.96 Å². The topological polar surface area (TPSA) is 65.0 Å². The summed E-state index contributed by atoms with van der Waals surface area (Å²) in [6, 6.07) is 17.0. The third kappa shape index (κ3) is 5.31. The van der Waals surface area contributed by atoms with E-state index < -0.39 is 10.0 Å². The quantitative estimate of drug-likeness (QED) is 0.622. The van der Waals surface area contributed by atoms with Crippen LogP contribution in [0, 0.1) is 0 Å². The molecule has 7 heteroatoms. The lowest BCUT2D eigenvalue weighted by molar-refractivity contribution is 0.520. The highest BCUT2D eigenvalue weighted by atomic mass is 32.2. The second-order valence-corrected chi connectivity index (χ2v) is 8.46. The summed E-state index contributed by atoms with van der Waals surface area (Å²) in [5, 5.41) is 3.32. The van der Waals surface area contributed by atoms with Crippen LogP contribution in [-0.2, 0) is 23.1 Å². The highest BCUT2D eigenvalue weighted by Gasteiger charge is 2.17. The normalized spacial score (nSPS) is 12.3. The Bertz CT molecular complexity index is 847. The fourth-order valence-corrected chi connectivity index (χ4v) is 3.29. The number of guanidine groups is 1. The van der Waals surface area contributed by atoms with Gasteiger partial charge in [-0.1, -0.05) is 42.5 Å². The molecule has 0 heterocycles. The first kappa shape index (κ1) is 19.9. The predicted molar refractivity (Wildman–Crippen MR) is 105 cm³/mol. The molecule has 0 unspecified atom stereocenters. The van der Waals surface area contributed by atoms with E-state index in [4.69, 9.17) is 0 Å². The average molecular weight is 375 g/mol. The third-order valence-corrected chi connectivity index (χ3v) is 5.62. The minimum atomic E-state index is -3.44. The number of hydrogen-bond donors (Lipinski definition) is 1. The fraction of sp³-hybridized carbons (Fsp3) is 0.316. The Balaban J connectivity index is 2.12. The minimum absolute atomic E-state index is 0.277. The van der Waals surface area contributed by atoms with Crippen molar-refractivity contribution in [1.29, 1.82) is 0 Å². The Morgan fingerprint density at radius 3 is 2.23 bits per heavy atom. The van der Waals surface area contributed by atoms with Crippen LogP contribution in [0.5, 0.6) is 0 Å². The highest BCUT2D eigenvalue weighted by molar-refractivity contribution is 7.89. The van der Waals surface area contributed by atoms with Crippen LogP contribution >= 0.6 is 0 Å². The van der Waals surface area contributed by atoms with Crippen molar-refractivity contribution < 1.29 is 8.42 Å². The van der Waals surface area contributed by atoms with Crippen molar-refractivity contribution in [2.45, 2.75) is 18.0 Å². The summed E-state index contributed by atoms with van der Waals surface area (Å²) >= 11 is 0. The monoisotopic (exact) mass is 374 g/mol. The number of hydrogen-bond acceptors (Lipinski definition) is 3. The molecule has 0 aromatic heterocycles. The molecule has 0 bridgehead atoms. The maximum atomic E-state index is 12.3. The number of aliphatic imine (C=N–C) groups is 1.